The zero-order chi connectivity index (χ0) is 15.1. The summed E-state index contributed by atoms with van der Waals surface area (Å²) in [6, 6.07) is 15.0. The number of hydrogen-bond donors (Lipinski definition) is 2. The van der Waals surface area contributed by atoms with Crippen LogP contribution in [-0.2, 0) is 4.76 Å². The fourth-order valence-corrected chi connectivity index (χ4v) is 1.57. The van der Waals surface area contributed by atoms with Gasteiger partial charge in [0.1, 0.15) is 5.75 Å². The zero-order valence-electron chi connectivity index (χ0n) is 11.0. The van der Waals surface area contributed by atoms with E-state index in [1.807, 2.05) is 0 Å². The smallest absolute Gasteiger partial charge is 0.536 e. The molecule has 3 N–H and O–H groups in total. The topological polar surface area (TPSA) is 90.7 Å². The first-order valence-corrected chi connectivity index (χ1v) is 6.06. The van der Waals surface area contributed by atoms with Gasteiger partial charge >= 0.3 is 7.69 Å². The highest BCUT2D eigenvalue weighted by Gasteiger charge is 2.10. The van der Waals surface area contributed by atoms with Crippen LogP contribution in [0.2, 0.25) is 0 Å². The summed E-state index contributed by atoms with van der Waals surface area (Å²) in [6.07, 6.45) is 0. The van der Waals surface area contributed by atoms with E-state index < -0.39 is 11.8 Å². The molecule has 2 aromatic rings. The molecular formula is C14H12BN2O4. The number of carbonyl (C=O) groups is 2. The average Bonchev–Trinajstić information content (AvgIpc) is 2.52. The Labute approximate surface area is 122 Å². The standard InChI is InChI=1S/C14H12BN2O4/c16-13(18)11-8-4-5-9-12(11)20-15-21-17-14(19)10-6-2-1-3-7-10/h1-9H,(H2,16,18)(H,17,19). The summed E-state index contributed by atoms with van der Waals surface area (Å²) in [7, 11) is 0.905. The molecule has 0 fully saturated rings. The monoisotopic (exact) mass is 283 g/mol. The summed E-state index contributed by atoms with van der Waals surface area (Å²) in [5.74, 6) is -0.801. The fourth-order valence-electron chi connectivity index (χ4n) is 1.57. The van der Waals surface area contributed by atoms with Crippen LogP contribution in [0.15, 0.2) is 54.6 Å². The van der Waals surface area contributed by atoms with Gasteiger partial charge in [0.05, 0.1) is 5.56 Å². The molecule has 0 aliphatic heterocycles. The number of para-hydroxylation sites is 1. The molecular weight excluding hydrogens is 271 g/mol. The Hall–Kier alpha value is -2.80. The lowest BCUT2D eigenvalue weighted by Gasteiger charge is -2.08. The number of hydrogen-bond acceptors (Lipinski definition) is 4. The Kier molecular flexibility index (Phi) is 4.95. The minimum Gasteiger partial charge on any atom is -0.536 e. The van der Waals surface area contributed by atoms with Gasteiger partial charge < -0.3 is 10.4 Å². The molecule has 21 heavy (non-hydrogen) atoms. The van der Waals surface area contributed by atoms with Crippen LogP contribution < -0.4 is 15.9 Å². The lowest BCUT2D eigenvalue weighted by atomic mass is 10.2. The van der Waals surface area contributed by atoms with Gasteiger partial charge in [0.15, 0.2) is 0 Å². The molecule has 2 amide bonds. The lowest BCUT2D eigenvalue weighted by molar-refractivity contribution is 0.0740. The minimum absolute atomic E-state index is 0.215. The summed E-state index contributed by atoms with van der Waals surface area (Å²) in [4.78, 5) is 22.8. The molecule has 0 saturated heterocycles. The fraction of sp³-hybridized carbons (Fsp3) is 0. The third kappa shape index (κ3) is 4.08. The average molecular weight is 283 g/mol. The molecule has 0 spiro atoms. The van der Waals surface area contributed by atoms with E-state index in [-0.39, 0.29) is 11.3 Å². The van der Waals surface area contributed by atoms with Crippen molar-refractivity contribution in [3.05, 3.63) is 65.7 Å². The molecule has 6 nitrogen and oxygen atoms in total. The highest BCUT2D eigenvalue weighted by Crippen LogP contribution is 2.16. The van der Waals surface area contributed by atoms with E-state index in [9.17, 15) is 9.59 Å². The molecule has 0 atom stereocenters. The van der Waals surface area contributed by atoms with Gasteiger partial charge in [-0.25, -0.2) is 5.48 Å². The Morgan fingerprint density at radius 1 is 1.00 bits per heavy atom. The first-order valence-electron chi connectivity index (χ1n) is 6.06. The van der Waals surface area contributed by atoms with Crippen LogP contribution in [0.1, 0.15) is 20.7 Å². The van der Waals surface area contributed by atoms with E-state index in [2.05, 4.69) is 5.48 Å². The van der Waals surface area contributed by atoms with E-state index in [0.29, 0.717) is 5.56 Å². The summed E-state index contributed by atoms with van der Waals surface area (Å²) >= 11 is 0. The highest BCUT2D eigenvalue weighted by molar-refractivity contribution is 6.20. The van der Waals surface area contributed by atoms with Crippen molar-refractivity contribution < 1.29 is 19.0 Å². The van der Waals surface area contributed by atoms with Crippen LogP contribution in [0.4, 0.5) is 0 Å². The number of carbonyl (C=O) groups excluding carboxylic acids is 2. The number of hydroxylamine groups is 1. The predicted molar refractivity (Wildman–Crippen MR) is 76.3 cm³/mol. The quantitative estimate of drug-likeness (QED) is 0.471. The van der Waals surface area contributed by atoms with Gasteiger partial charge in [0.25, 0.3) is 11.8 Å². The number of nitrogens with one attached hydrogen (secondary N) is 1. The molecule has 1 radical (unpaired) electrons. The number of primary amides is 1. The maximum atomic E-state index is 11.6. The second-order valence-corrected chi connectivity index (χ2v) is 3.99. The van der Waals surface area contributed by atoms with Crippen molar-refractivity contribution in [2.45, 2.75) is 0 Å². The van der Waals surface area contributed by atoms with Gasteiger partial charge in [-0.2, -0.15) is 0 Å². The van der Waals surface area contributed by atoms with Gasteiger partial charge in [0.2, 0.25) is 0 Å². The van der Waals surface area contributed by atoms with Gasteiger partial charge in [-0.05, 0) is 24.3 Å². The van der Waals surface area contributed by atoms with Crippen molar-refractivity contribution in [2.24, 2.45) is 5.73 Å². The van der Waals surface area contributed by atoms with Crippen LogP contribution >= 0.6 is 0 Å². The van der Waals surface area contributed by atoms with Crippen LogP contribution in [0, 0.1) is 0 Å². The molecule has 0 saturated carbocycles. The molecule has 2 rings (SSSR count). The molecule has 0 aliphatic carbocycles. The van der Waals surface area contributed by atoms with E-state index in [0.717, 1.165) is 7.69 Å². The second kappa shape index (κ2) is 7.11. The molecule has 0 bridgehead atoms. The molecule has 7 heteroatoms. The molecule has 0 aliphatic rings. The molecule has 105 valence electrons. The first-order chi connectivity index (χ1) is 10.2. The Balaban J connectivity index is 1.83. The van der Waals surface area contributed by atoms with Crippen molar-refractivity contribution in [1.29, 1.82) is 0 Å². The van der Waals surface area contributed by atoms with Gasteiger partial charge in [0, 0.05) is 5.56 Å². The van der Waals surface area contributed by atoms with E-state index in [1.165, 1.54) is 6.07 Å². The Bertz CT molecular complexity index is 634. The minimum atomic E-state index is -0.618. The number of rotatable bonds is 6. The molecule has 0 heterocycles. The van der Waals surface area contributed by atoms with Gasteiger partial charge in [-0.1, -0.05) is 30.3 Å². The summed E-state index contributed by atoms with van der Waals surface area (Å²) in [5, 5.41) is 0. The zero-order valence-corrected chi connectivity index (χ0v) is 11.0. The van der Waals surface area contributed by atoms with Crippen molar-refractivity contribution >= 4 is 19.5 Å². The molecule has 2 aromatic carbocycles. The van der Waals surface area contributed by atoms with Gasteiger partial charge in [-0.3, -0.25) is 14.3 Å². The highest BCUT2D eigenvalue weighted by atomic mass is 16.7. The normalized spacial score (nSPS) is 9.71. The van der Waals surface area contributed by atoms with Crippen LogP contribution in [0.25, 0.3) is 0 Å². The summed E-state index contributed by atoms with van der Waals surface area (Å²) in [6.45, 7) is 0. The number of benzene rings is 2. The van der Waals surface area contributed by atoms with Crippen LogP contribution in [-0.4, -0.2) is 19.5 Å². The van der Waals surface area contributed by atoms with Crippen LogP contribution in [0.5, 0.6) is 5.75 Å². The van der Waals surface area contributed by atoms with Crippen LogP contribution in [0.3, 0.4) is 0 Å². The number of nitrogens with two attached hydrogens (primary N) is 1. The molecule has 0 unspecified atom stereocenters. The first kappa shape index (κ1) is 14.6. The summed E-state index contributed by atoms with van der Waals surface area (Å²) in [5.41, 5.74) is 8.04. The second-order valence-electron chi connectivity index (χ2n) is 3.99. The van der Waals surface area contributed by atoms with E-state index >= 15 is 0 Å². The van der Waals surface area contributed by atoms with Crippen molar-refractivity contribution in [2.75, 3.05) is 0 Å². The van der Waals surface area contributed by atoms with Crippen molar-refractivity contribution in [1.82, 2.24) is 5.48 Å². The largest absolute Gasteiger partial charge is 0.596 e. The third-order valence-electron chi connectivity index (χ3n) is 2.56. The van der Waals surface area contributed by atoms with Gasteiger partial charge in [-0.15, -0.1) is 0 Å². The van der Waals surface area contributed by atoms with E-state index in [4.69, 9.17) is 15.1 Å². The number of amides is 2. The Morgan fingerprint density at radius 3 is 2.38 bits per heavy atom. The third-order valence-corrected chi connectivity index (χ3v) is 2.56. The predicted octanol–water partition coefficient (Wildman–Crippen LogP) is 1.06. The summed E-state index contributed by atoms with van der Waals surface area (Å²) < 4.78 is 9.91. The molecule has 0 aromatic heterocycles. The lowest BCUT2D eigenvalue weighted by Crippen LogP contribution is -2.28. The van der Waals surface area contributed by atoms with E-state index in [1.54, 1.807) is 48.5 Å². The maximum absolute atomic E-state index is 11.6. The SMILES string of the molecule is NC(=O)c1ccccc1O[B]ONC(=O)c1ccccc1. The van der Waals surface area contributed by atoms with Crippen molar-refractivity contribution in [3.63, 3.8) is 0 Å². The maximum Gasteiger partial charge on any atom is 0.596 e. The Morgan fingerprint density at radius 2 is 1.67 bits per heavy atom. The van der Waals surface area contributed by atoms with Crippen molar-refractivity contribution in [3.8, 4) is 5.75 Å².